The zero-order valence-electron chi connectivity index (χ0n) is 21.1. The second-order valence-electron chi connectivity index (χ2n) is 9.06. The molecule has 14 heteroatoms. The van der Waals surface area contributed by atoms with E-state index >= 15 is 0 Å². The van der Waals surface area contributed by atoms with E-state index in [1.807, 2.05) is 43.3 Å². The van der Waals surface area contributed by atoms with E-state index in [4.69, 9.17) is 14.9 Å². The number of aromatic nitrogens is 2. The molecule has 3 N–H and O–H groups in total. The molecule has 0 aliphatic heterocycles. The summed E-state index contributed by atoms with van der Waals surface area (Å²) in [4.78, 5) is 43.2. The molecule has 208 valence electrons. The lowest BCUT2D eigenvalue weighted by Crippen LogP contribution is -2.40. The number of carboxylic acid groups (broad SMARTS) is 1. The topological polar surface area (TPSA) is 151 Å². The molecule has 0 atom stereocenters. The maximum atomic E-state index is 12.5. The van der Waals surface area contributed by atoms with Crippen LogP contribution < -0.4 is 15.5 Å². The first-order chi connectivity index (χ1) is 18.3. The molecule has 0 radical (unpaired) electrons. The van der Waals surface area contributed by atoms with Gasteiger partial charge in [0.05, 0.1) is 10.4 Å². The summed E-state index contributed by atoms with van der Waals surface area (Å²) in [5, 5.41) is 25.5. The smallest absolute Gasteiger partial charge is 0.475 e. The molecule has 0 unspecified atom stereocenters. The van der Waals surface area contributed by atoms with E-state index in [1.54, 1.807) is 6.07 Å². The van der Waals surface area contributed by atoms with E-state index in [2.05, 4.69) is 15.6 Å². The fourth-order valence-corrected chi connectivity index (χ4v) is 4.06. The number of nitro groups is 1. The zero-order valence-corrected chi connectivity index (χ0v) is 21.1. The number of carbonyl (C=O) groups is 2. The number of anilines is 2. The van der Waals surface area contributed by atoms with E-state index in [1.165, 1.54) is 18.2 Å². The minimum Gasteiger partial charge on any atom is -0.475 e. The largest absolute Gasteiger partial charge is 0.490 e. The van der Waals surface area contributed by atoms with E-state index in [0.717, 1.165) is 42.4 Å². The quantitative estimate of drug-likeness (QED) is 0.301. The second-order valence-corrected chi connectivity index (χ2v) is 9.06. The van der Waals surface area contributed by atoms with Gasteiger partial charge in [0, 0.05) is 49.3 Å². The average molecular weight is 549 g/mol. The number of fused-ring (bicyclic) bond motifs is 1. The Balaban J connectivity index is 0.000000532. The van der Waals surface area contributed by atoms with Crippen molar-refractivity contribution in [1.82, 2.24) is 15.3 Å². The van der Waals surface area contributed by atoms with Gasteiger partial charge < -0.3 is 20.6 Å². The normalized spacial score (nSPS) is 16.9. The van der Waals surface area contributed by atoms with Crippen LogP contribution in [0.3, 0.4) is 0 Å². The lowest BCUT2D eigenvalue weighted by molar-refractivity contribution is -0.384. The first-order valence-corrected chi connectivity index (χ1v) is 11.9. The van der Waals surface area contributed by atoms with E-state index in [0.29, 0.717) is 11.5 Å². The lowest BCUT2D eigenvalue weighted by atomic mass is 9.91. The van der Waals surface area contributed by atoms with Crippen LogP contribution in [0.25, 0.3) is 10.9 Å². The predicted octanol–water partition coefficient (Wildman–Crippen LogP) is 4.39. The lowest BCUT2D eigenvalue weighted by Gasteiger charge is -2.30. The Kier molecular flexibility index (Phi) is 9.22. The highest BCUT2D eigenvalue weighted by atomic mass is 19.4. The number of hydrogen-bond acceptors (Lipinski definition) is 8. The van der Waals surface area contributed by atoms with E-state index in [-0.39, 0.29) is 23.7 Å². The number of nitrogens with one attached hydrogen (secondary N) is 2. The van der Waals surface area contributed by atoms with Gasteiger partial charge in [0.2, 0.25) is 5.95 Å². The zero-order chi connectivity index (χ0) is 28.7. The molecule has 3 aromatic rings. The molecule has 1 heterocycles. The summed E-state index contributed by atoms with van der Waals surface area (Å²) < 4.78 is 31.7. The second kappa shape index (κ2) is 12.4. The molecule has 1 aliphatic rings. The first-order valence-electron chi connectivity index (χ1n) is 11.9. The standard InChI is InChI=1S/C23H26N6O3.C2HF3O2/c1-28(2)21-19-8-3-4-9-20(19)26-23(27-21)25-17-12-10-16(11-13-17)24-22(30)15-6-5-7-18(14-15)29(31)32;3-2(4,5)1(6)7/h3-9,14,16-17H,10-13H2,1-2H3,(H,24,30)(H,25,26,27);(H,6,7). The Morgan fingerprint density at radius 2 is 1.64 bits per heavy atom. The van der Waals surface area contributed by atoms with Gasteiger partial charge in [-0.15, -0.1) is 0 Å². The number of carbonyl (C=O) groups excluding carboxylic acids is 1. The van der Waals surface area contributed by atoms with Crippen molar-refractivity contribution in [2.75, 3.05) is 24.3 Å². The number of nitrogens with zero attached hydrogens (tertiary/aromatic N) is 4. The fraction of sp³-hybridized carbons (Fsp3) is 0.360. The summed E-state index contributed by atoms with van der Waals surface area (Å²) in [7, 11) is 3.93. The third-order valence-corrected chi connectivity index (χ3v) is 5.96. The SMILES string of the molecule is CN(C)c1nc(NC2CCC(NC(=O)c3cccc([N+](=O)[O-])c3)CC2)nc2ccccc12.O=C(O)C(F)(F)F. The molecule has 39 heavy (non-hydrogen) atoms. The average Bonchev–Trinajstić information content (AvgIpc) is 2.89. The number of hydrogen-bond donors (Lipinski definition) is 3. The number of amides is 1. The molecule has 0 saturated heterocycles. The Labute approximate surface area is 221 Å². The van der Waals surface area contributed by atoms with Crippen LogP contribution in [0.2, 0.25) is 0 Å². The molecule has 1 aromatic heterocycles. The number of carboxylic acids is 1. The van der Waals surface area contributed by atoms with Crippen LogP contribution in [0.5, 0.6) is 0 Å². The maximum Gasteiger partial charge on any atom is 0.490 e. The summed E-state index contributed by atoms with van der Waals surface area (Å²) in [5.74, 6) is -1.56. The Morgan fingerprint density at radius 1 is 1.03 bits per heavy atom. The third-order valence-electron chi connectivity index (χ3n) is 5.96. The number of benzene rings is 2. The fourth-order valence-electron chi connectivity index (χ4n) is 4.06. The van der Waals surface area contributed by atoms with Gasteiger partial charge in [-0.2, -0.15) is 18.2 Å². The number of nitro benzene ring substituents is 1. The number of rotatable bonds is 6. The van der Waals surface area contributed by atoms with Gasteiger partial charge >= 0.3 is 12.1 Å². The molecule has 1 aliphatic carbocycles. The van der Waals surface area contributed by atoms with Crippen molar-refractivity contribution in [2.45, 2.75) is 43.9 Å². The summed E-state index contributed by atoms with van der Waals surface area (Å²) in [6, 6.07) is 14.0. The van der Waals surface area contributed by atoms with Crippen LogP contribution in [0.1, 0.15) is 36.0 Å². The van der Waals surface area contributed by atoms with Gasteiger partial charge in [0.15, 0.2) is 0 Å². The van der Waals surface area contributed by atoms with Crippen LogP contribution in [0.15, 0.2) is 48.5 Å². The molecule has 2 aromatic carbocycles. The highest BCUT2D eigenvalue weighted by Crippen LogP contribution is 2.26. The molecule has 0 spiro atoms. The summed E-state index contributed by atoms with van der Waals surface area (Å²) in [5.41, 5.74) is 1.12. The van der Waals surface area contributed by atoms with E-state index in [9.17, 15) is 28.1 Å². The van der Waals surface area contributed by atoms with Crippen molar-refractivity contribution in [1.29, 1.82) is 0 Å². The monoisotopic (exact) mass is 548 g/mol. The van der Waals surface area contributed by atoms with Gasteiger partial charge in [-0.25, -0.2) is 9.78 Å². The number of halogens is 3. The maximum absolute atomic E-state index is 12.5. The van der Waals surface area contributed by atoms with Crippen LogP contribution in [-0.2, 0) is 4.79 Å². The van der Waals surface area contributed by atoms with Crippen molar-refractivity contribution in [3.63, 3.8) is 0 Å². The van der Waals surface area contributed by atoms with Crippen molar-refractivity contribution < 1.29 is 32.8 Å². The van der Waals surface area contributed by atoms with Gasteiger partial charge in [0.1, 0.15) is 5.82 Å². The summed E-state index contributed by atoms with van der Waals surface area (Å²) in [6.07, 6.45) is -1.72. The van der Waals surface area contributed by atoms with Crippen molar-refractivity contribution in [3.8, 4) is 0 Å². The number of aliphatic carboxylic acids is 1. The van der Waals surface area contributed by atoms with Gasteiger partial charge in [-0.3, -0.25) is 14.9 Å². The third kappa shape index (κ3) is 7.99. The molecular weight excluding hydrogens is 521 g/mol. The molecular formula is C25H27F3N6O5. The van der Waals surface area contributed by atoms with Crippen molar-refractivity contribution in [3.05, 3.63) is 64.2 Å². The molecule has 1 fully saturated rings. The van der Waals surface area contributed by atoms with Crippen LogP contribution in [0, 0.1) is 10.1 Å². The van der Waals surface area contributed by atoms with Crippen LogP contribution in [0.4, 0.5) is 30.6 Å². The highest BCUT2D eigenvalue weighted by Gasteiger charge is 2.38. The van der Waals surface area contributed by atoms with E-state index < -0.39 is 17.1 Å². The Hall–Kier alpha value is -4.49. The Bertz CT molecular complexity index is 1340. The minimum atomic E-state index is -5.08. The number of alkyl halides is 3. The van der Waals surface area contributed by atoms with Gasteiger partial charge in [0.25, 0.3) is 11.6 Å². The molecule has 1 amide bonds. The number of para-hydroxylation sites is 1. The number of non-ortho nitro benzene ring substituents is 1. The highest BCUT2D eigenvalue weighted by molar-refractivity contribution is 5.95. The van der Waals surface area contributed by atoms with Crippen LogP contribution >= 0.6 is 0 Å². The summed E-state index contributed by atoms with van der Waals surface area (Å²) >= 11 is 0. The molecule has 0 bridgehead atoms. The van der Waals surface area contributed by atoms with Crippen LogP contribution in [-0.4, -0.2) is 64.2 Å². The summed E-state index contributed by atoms with van der Waals surface area (Å²) in [6.45, 7) is 0. The Morgan fingerprint density at radius 3 is 2.23 bits per heavy atom. The molecule has 4 rings (SSSR count). The van der Waals surface area contributed by atoms with Crippen molar-refractivity contribution >= 4 is 40.2 Å². The first kappa shape index (κ1) is 29.1. The van der Waals surface area contributed by atoms with Gasteiger partial charge in [-0.1, -0.05) is 18.2 Å². The van der Waals surface area contributed by atoms with Gasteiger partial charge in [-0.05, 0) is 43.9 Å². The molecule has 11 nitrogen and oxygen atoms in total. The minimum absolute atomic E-state index is 0.0367. The predicted molar refractivity (Wildman–Crippen MR) is 138 cm³/mol. The molecule has 1 saturated carbocycles. The van der Waals surface area contributed by atoms with Crippen molar-refractivity contribution in [2.24, 2.45) is 0 Å².